The minimum Gasteiger partial charge on any atom is -0.349 e. The van der Waals surface area contributed by atoms with Crippen molar-refractivity contribution < 1.29 is 9.59 Å². The van der Waals surface area contributed by atoms with Crippen LogP contribution in [0.2, 0.25) is 0 Å². The van der Waals surface area contributed by atoms with E-state index < -0.39 is 0 Å². The molecule has 2 amide bonds. The normalized spacial score (nSPS) is 17.4. The molecule has 0 radical (unpaired) electrons. The van der Waals surface area contributed by atoms with Crippen LogP contribution in [0.15, 0.2) is 29.2 Å². The van der Waals surface area contributed by atoms with Crippen LogP contribution >= 0.6 is 24.2 Å². The van der Waals surface area contributed by atoms with E-state index in [0.717, 1.165) is 23.4 Å². The minimum absolute atomic E-state index is 0. The lowest BCUT2D eigenvalue weighted by atomic mass is 9.91. The van der Waals surface area contributed by atoms with Crippen molar-refractivity contribution in [1.29, 1.82) is 0 Å². The third-order valence-electron chi connectivity index (χ3n) is 5.01. The molecule has 5 nitrogen and oxygen atoms in total. The van der Waals surface area contributed by atoms with Gasteiger partial charge in [0.2, 0.25) is 11.8 Å². The zero-order valence-electron chi connectivity index (χ0n) is 15.1. The van der Waals surface area contributed by atoms with Crippen molar-refractivity contribution in [2.24, 2.45) is 11.7 Å². The number of carbonyl (C=O) groups is 2. The summed E-state index contributed by atoms with van der Waals surface area (Å²) in [5.74, 6) is -0.388. The second kappa shape index (κ2) is 9.46. The number of hydrogen-bond donors (Lipinski definition) is 2. The van der Waals surface area contributed by atoms with E-state index in [2.05, 4.69) is 5.32 Å². The van der Waals surface area contributed by atoms with E-state index in [4.69, 9.17) is 5.73 Å². The van der Waals surface area contributed by atoms with Crippen LogP contribution in [0, 0.1) is 5.92 Å². The maximum atomic E-state index is 12.6. The molecule has 0 saturated carbocycles. The molecular formula is C18H28ClN3O2S. The van der Waals surface area contributed by atoms with Gasteiger partial charge >= 0.3 is 0 Å². The second-order valence-corrected chi connectivity index (χ2v) is 7.16. The molecule has 140 valence electrons. The van der Waals surface area contributed by atoms with Crippen molar-refractivity contribution in [3.8, 4) is 0 Å². The summed E-state index contributed by atoms with van der Waals surface area (Å²) in [7, 11) is 0. The number of amides is 2. The van der Waals surface area contributed by atoms with Crippen molar-refractivity contribution in [2.45, 2.75) is 43.5 Å². The van der Waals surface area contributed by atoms with Crippen LogP contribution < -0.4 is 16.0 Å². The highest BCUT2D eigenvalue weighted by molar-refractivity contribution is 7.98. The van der Waals surface area contributed by atoms with Crippen LogP contribution in [0.4, 0.5) is 5.69 Å². The van der Waals surface area contributed by atoms with Crippen molar-refractivity contribution in [2.75, 3.05) is 24.2 Å². The van der Waals surface area contributed by atoms with Crippen LogP contribution in [-0.2, 0) is 9.59 Å². The summed E-state index contributed by atoms with van der Waals surface area (Å²) in [5.41, 5.74) is 6.34. The minimum atomic E-state index is -0.368. The van der Waals surface area contributed by atoms with Crippen molar-refractivity contribution in [3.63, 3.8) is 0 Å². The molecule has 1 unspecified atom stereocenters. The largest absolute Gasteiger partial charge is 0.349 e. The molecule has 1 saturated heterocycles. The van der Waals surface area contributed by atoms with Gasteiger partial charge in [0.05, 0.1) is 11.5 Å². The Labute approximate surface area is 160 Å². The number of nitrogens with two attached hydrogens (primary N) is 1. The number of halogens is 1. The Balaban J connectivity index is 0.00000312. The van der Waals surface area contributed by atoms with Crippen LogP contribution in [-0.4, -0.2) is 36.7 Å². The fourth-order valence-electron chi connectivity index (χ4n) is 3.02. The summed E-state index contributed by atoms with van der Waals surface area (Å²) in [6.45, 7) is 4.88. The van der Waals surface area contributed by atoms with Crippen LogP contribution in [0.25, 0.3) is 0 Å². The molecule has 1 aromatic carbocycles. The number of nitrogens with zero attached hydrogens (tertiary/aromatic N) is 1. The Bertz CT molecular complexity index is 582. The first-order valence-corrected chi connectivity index (χ1v) is 9.67. The third-order valence-corrected chi connectivity index (χ3v) is 5.76. The molecule has 7 heteroatoms. The van der Waals surface area contributed by atoms with E-state index in [1.807, 2.05) is 44.4 Å². The topological polar surface area (TPSA) is 75.4 Å². The Morgan fingerprint density at radius 2 is 1.92 bits per heavy atom. The predicted octanol–water partition coefficient (Wildman–Crippen LogP) is 2.82. The third kappa shape index (κ3) is 4.90. The molecule has 1 aliphatic heterocycles. The molecule has 0 bridgehead atoms. The van der Waals surface area contributed by atoms with Crippen LogP contribution in [0.5, 0.6) is 0 Å². The molecule has 3 N–H and O–H groups in total. The summed E-state index contributed by atoms with van der Waals surface area (Å²) in [6, 6.07) is 7.86. The molecule has 1 fully saturated rings. The van der Waals surface area contributed by atoms with Gasteiger partial charge < -0.3 is 16.0 Å². The maximum Gasteiger partial charge on any atom is 0.227 e. The SMILES string of the molecule is CCC(CC)(CN)NC(=O)C1CC(=O)N(c2ccc(SC)cc2)C1.Cl. The van der Waals surface area contributed by atoms with E-state index >= 15 is 0 Å². The van der Waals surface area contributed by atoms with E-state index in [1.54, 1.807) is 16.7 Å². The van der Waals surface area contributed by atoms with Gasteiger partial charge in [0.15, 0.2) is 0 Å². The highest BCUT2D eigenvalue weighted by atomic mass is 35.5. The van der Waals surface area contributed by atoms with Crippen molar-refractivity contribution >= 4 is 41.7 Å². The first kappa shape index (κ1) is 21.8. The molecule has 2 rings (SSSR count). The summed E-state index contributed by atoms with van der Waals surface area (Å²) in [6.07, 6.45) is 3.84. The monoisotopic (exact) mass is 385 g/mol. The van der Waals surface area contributed by atoms with E-state index in [1.165, 1.54) is 0 Å². The zero-order chi connectivity index (χ0) is 17.7. The van der Waals surface area contributed by atoms with Gasteiger partial charge in [-0.25, -0.2) is 0 Å². The number of hydrogen-bond acceptors (Lipinski definition) is 4. The lowest BCUT2D eigenvalue weighted by molar-refractivity contribution is -0.128. The van der Waals surface area contributed by atoms with Gasteiger partial charge in [-0.1, -0.05) is 13.8 Å². The Hall–Kier alpha value is -1.24. The Morgan fingerprint density at radius 3 is 2.40 bits per heavy atom. The lowest BCUT2D eigenvalue weighted by Crippen LogP contribution is -2.54. The first-order chi connectivity index (χ1) is 11.5. The molecule has 1 aliphatic rings. The van der Waals surface area contributed by atoms with Gasteiger partial charge in [0, 0.05) is 30.1 Å². The maximum absolute atomic E-state index is 12.6. The van der Waals surface area contributed by atoms with Gasteiger partial charge in [-0.3, -0.25) is 9.59 Å². The summed E-state index contributed by atoms with van der Waals surface area (Å²) >= 11 is 1.66. The van der Waals surface area contributed by atoms with Gasteiger partial charge in [-0.05, 0) is 43.4 Å². The highest BCUT2D eigenvalue weighted by Crippen LogP contribution is 2.28. The number of thioether (sulfide) groups is 1. The molecule has 0 aliphatic carbocycles. The summed E-state index contributed by atoms with van der Waals surface area (Å²) in [4.78, 5) is 27.8. The van der Waals surface area contributed by atoms with E-state index in [0.29, 0.717) is 13.1 Å². The van der Waals surface area contributed by atoms with Gasteiger partial charge in [-0.2, -0.15) is 0 Å². The van der Waals surface area contributed by atoms with Crippen LogP contribution in [0.3, 0.4) is 0 Å². The number of carbonyl (C=O) groups excluding carboxylic acids is 2. The molecule has 0 spiro atoms. The van der Waals surface area contributed by atoms with Gasteiger partial charge in [0.1, 0.15) is 0 Å². The molecule has 1 heterocycles. The molecule has 1 atom stereocenters. The molecular weight excluding hydrogens is 358 g/mol. The molecule has 0 aromatic heterocycles. The standard InChI is InChI=1S/C18H27N3O2S.ClH/c1-4-18(5-2,12-19)20-17(23)13-10-16(22)21(11-13)14-6-8-15(24-3)9-7-14;/h6-9,13H,4-5,10-12,19H2,1-3H3,(H,20,23);1H. The van der Waals surface area contributed by atoms with Gasteiger partial charge in [-0.15, -0.1) is 24.2 Å². The highest BCUT2D eigenvalue weighted by Gasteiger charge is 2.37. The Morgan fingerprint density at radius 1 is 1.32 bits per heavy atom. The smallest absolute Gasteiger partial charge is 0.227 e. The van der Waals surface area contributed by atoms with Crippen molar-refractivity contribution in [1.82, 2.24) is 5.32 Å². The van der Waals surface area contributed by atoms with Crippen LogP contribution in [0.1, 0.15) is 33.1 Å². The number of anilines is 1. The number of rotatable bonds is 7. The quantitative estimate of drug-likeness (QED) is 0.707. The average Bonchev–Trinajstić information content (AvgIpc) is 3.01. The zero-order valence-corrected chi connectivity index (χ0v) is 16.7. The predicted molar refractivity (Wildman–Crippen MR) is 106 cm³/mol. The van der Waals surface area contributed by atoms with Gasteiger partial charge in [0.25, 0.3) is 0 Å². The van der Waals surface area contributed by atoms with E-state index in [-0.39, 0.29) is 42.1 Å². The molecule has 25 heavy (non-hydrogen) atoms. The second-order valence-electron chi connectivity index (χ2n) is 6.28. The molecule has 1 aromatic rings. The fraction of sp³-hybridized carbons (Fsp3) is 0.556. The first-order valence-electron chi connectivity index (χ1n) is 8.45. The van der Waals surface area contributed by atoms with E-state index in [9.17, 15) is 9.59 Å². The number of benzene rings is 1. The fourth-order valence-corrected chi connectivity index (χ4v) is 3.43. The number of nitrogens with one attached hydrogen (secondary N) is 1. The average molecular weight is 386 g/mol. The lowest BCUT2D eigenvalue weighted by Gasteiger charge is -2.32. The van der Waals surface area contributed by atoms with Crippen molar-refractivity contribution in [3.05, 3.63) is 24.3 Å². The Kier molecular flexibility index (Phi) is 8.25. The summed E-state index contributed by atoms with van der Waals surface area (Å²) < 4.78 is 0. The summed E-state index contributed by atoms with van der Waals surface area (Å²) in [5, 5.41) is 3.09.